The quantitative estimate of drug-likeness (QED) is 0.305. The number of esters is 1. The van der Waals surface area contributed by atoms with Crippen molar-refractivity contribution in [2.24, 2.45) is 5.92 Å². The fourth-order valence-corrected chi connectivity index (χ4v) is 5.75. The molecule has 0 saturated carbocycles. The average Bonchev–Trinajstić information content (AvgIpc) is 2.88. The van der Waals surface area contributed by atoms with Crippen LogP contribution in [0.25, 0.3) is 0 Å². The highest BCUT2D eigenvalue weighted by molar-refractivity contribution is 5.69. The molecule has 0 amide bonds. The Labute approximate surface area is 227 Å². The normalized spacial score (nSPS) is 25.2. The van der Waals surface area contributed by atoms with Crippen LogP contribution in [0.3, 0.4) is 0 Å². The Morgan fingerprint density at radius 1 is 0.417 bits per heavy atom. The van der Waals surface area contributed by atoms with E-state index in [4.69, 9.17) is 4.74 Å². The fourth-order valence-electron chi connectivity index (χ4n) is 5.75. The fraction of sp³-hybridized carbons (Fsp3) is 0.971. The van der Waals surface area contributed by atoms with Gasteiger partial charge in [0.1, 0.15) is 0 Å². The van der Waals surface area contributed by atoms with Gasteiger partial charge in [-0.05, 0) is 18.8 Å². The third-order valence-corrected chi connectivity index (χ3v) is 8.36. The molecule has 0 aliphatic carbocycles. The zero-order valence-electron chi connectivity index (χ0n) is 24.8. The van der Waals surface area contributed by atoms with Gasteiger partial charge in [-0.3, -0.25) is 4.79 Å². The van der Waals surface area contributed by atoms with Crippen molar-refractivity contribution in [1.82, 2.24) is 0 Å². The molecule has 1 saturated heterocycles. The smallest absolute Gasteiger partial charge is 0.305 e. The molecule has 1 fully saturated rings. The van der Waals surface area contributed by atoms with Crippen molar-refractivity contribution in [3.8, 4) is 0 Å². The molecule has 1 aliphatic rings. The van der Waals surface area contributed by atoms with Gasteiger partial charge in [-0.15, -0.1) is 0 Å². The summed E-state index contributed by atoms with van der Waals surface area (Å²) in [4.78, 5) is 12.0. The van der Waals surface area contributed by atoms with Gasteiger partial charge in [0.25, 0.3) is 0 Å². The number of rotatable bonds is 0. The molecule has 0 N–H and O–H groups in total. The van der Waals surface area contributed by atoms with Crippen LogP contribution in [0.15, 0.2) is 0 Å². The summed E-state index contributed by atoms with van der Waals surface area (Å²) in [5.74, 6) is 0.538. The minimum absolute atomic E-state index is 0.0269. The Morgan fingerprint density at radius 3 is 0.972 bits per heavy atom. The summed E-state index contributed by atoms with van der Waals surface area (Å²) >= 11 is 0. The molecule has 0 bridgehead atoms. The molecule has 1 rings (SSSR count). The number of carbonyl (C=O) groups is 1. The van der Waals surface area contributed by atoms with E-state index in [2.05, 4.69) is 6.92 Å². The van der Waals surface area contributed by atoms with Gasteiger partial charge in [-0.1, -0.05) is 180 Å². The minimum atomic E-state index is 0.0269. The molecular formula is C34H66O2. The Balaban J connectivity index is 2.11. The highest BCUT2D eigenvalue weighted by atomic mass is 16.5. The number of cyclic esters (lactones) is 1. The number of hydrogen-bond acceptors (Lipinski definition) is 2. The molecule has 1 aliphatic heterocycles. The van der Waals surface area contributed by atoms with Crippen LogP contribution in [-0.4, -0.2) is 12.6 Å². The maximum absolute atomic E-state index is 12.0. The Kier molecular flexibility index (Phi) is 25.6. The summed E-state index contributed by atoms with van der Waals surface area (Å²) < 4.78 is 5.54. The van der Waals surface area contributed by atoms with Crippen LogP contribution >= 0.6 is 0 Å². The van der Waals surface area contributed by atoms with Crippen molar-refractivity contribution >= 4 is 5.97 Å². The van der Waals surface area contributed by atoms with Crippen LogP contribution in [-0.2, 0) is 9.53 Å². The van der Waals surface area contributed by atoms with E-state index in [0.29, 0.717) is 18.9 Å². The monoisotopic (exact) mass is 507 g/mol. The van der Waals surface area contributed by atoms with Gasteiger partial charge in [-0.2, -0.15) is 0 Å². The van der Waals surface area contributed by atoms with Crippen molar-refractivity contribution < 1.29 is 9.53 Å². The standard InChI is InChI=1S/C34H66O2/c1-33-30-28-26-24-22-20-18-16-14-12-10-8-6-4-2-3-5-7-9-11-13-15-17-19-21-23-25-27-29-31-34(35)36-32-33/h33H,2-32H2,1H3. The summed E-state index contributed by atoms with van der Waals surface area (Å²) in [5, 5.41) is 0. The number of ether oxygens (including phenoxy) is 1. The zero-order valence-corrected chi connectivity index (χ0v) is 24.8. The lowest BCUT2D eigenvalue weighted by molar-refractivity contribution is -0.145. The maximum Gasteiger partial charge on any atom is 0.305 e. The summed E-state index contributed by atoms with van der Waals surface area (Å²) in [6.45, 7) is 2.86. The number of hydrogen-bond donors (Lipinski definition) is 0. The van der Waals surface area contributed by atoms with Crippen LogP contribution in [0, 0.1) is 5.92 Å². The molecule has 0 aromatic rings. The molecule has 1 unspecified atom stereocenters. The van der Waals surface area contributed by atoms with Crippen LogP contribution in [0.4, 0.5) is 0 Å². The lowest BCUT2D eigenvalue weighted by Gasteiger charge is -2.12. The predicted molar refractivity (Wildman–Crippen MR) is 159 cm³/mol. The third kappa shape index (κ3) is 25.1. The predicted octanol–water partition coefficient (Wildman–Crippen LogP) is 11.9. The highest BCUT2D eigenvalue weighted by Gasteiger charge is 2.07. The largest absolute Gasteiger partial charge is 0.465 e. The van der Waals surface area contributed by atoms with E-state index in [1.54, 1.807) is 0 Å². The molecule has 0 spiro atoms. The van der Waals surface area contributed by atoms with E-state index < -0.39 is 0 Å². The summed E-state index contributed by atoms with van der Waals surface area (Å²) in [5.41, 5.74) is 0. The first-order valence-corrected chi connectivity index (χ1v) is 16.9. The molecule has 0 radical (unpaired) electrons. The molecule has 1 atom stereocenters. The van der Waals surface area contributed by atoms with E-state index >= 15 is 0 Å². The molecule has 0 aromatic heterocycles. The molecule has 1 heterocycles. The molecule has 0 aromatic carbocycles. The van der Waals surface area contributed by atoms with E-state index in [9.17, 15) is 4.79 Å². The first kappa shape index (κ1) is 33.5. The second-order valence-electron chi connectivity index (χ2n) is 12.2. The Morgan fingerprint density at radius 2 is 0.667 bits per heavy atom. The van der Waals surface area contributed by atoms with Crippen LogP contribution in [0.2, 0.25) is 0 Å². The van der Waals surface area contributed by atoms with Crippen molar-refractivity contribution in [1.29, 1.82) is 0 Å². The zero-order chi connectivity index (χ0) is 25.8. The van der Waals surface area contributed by atoms with E-state index in [1.807, 2.05) is 0 Å². The van der Waals surface area contributed by atoms with Crippen LogP contribution in [0.1, 0.15) is 200 Å². The third-order valence-electron chi connectivity index (χ3n) is 8.36. The van der Waals surface area contributed by atoms with E-state index in [0.717, 1.165) is 6.42 Å². The van der Waals surface area contributed by atoms with E-state index in [1.165, 1.54) is 180 Å². The minimum Gasteiger partial charge on any atom is -0.465 e. The molecule has 214 valence electrons. The van der Waals surface area contributed by atoms with Crippen LogP contribution < -0.4 is 0 Å². The lowest BCUT2D eigenvalue weighted by atomic mass is 10.0. The summed E-state index contributed by atoms with van der Waals surface area (Å²) in [6, 6.07) is 0. The van der Waals surface area contributed by atoms with E-state index in [-0.39, 0.29) is 5.97 Å². The van der Waals surface area contributed by atoms with Gasteiger partial charge in [0.2, 0.25) is 0 Å². The molecule has 2 heteroatoms. The molecule has 36 heavy (non-hydrogen) atoms. The van der Waals surface area contributed by atoms with Gasteiger partial charge in [-0.25, -0.2) is 0 Å². The lowest BCUT2D eigenvalue weighted by Crippen LogP contribution is -2.11. The molecule has 2 nitrogen and oxygen atoms in total. The van der Waals surface area contributed by atoms with Gasteiger partial charge in [0.05, 0.1) is 6.61 Å². The first-order chi connectivity index (χ1) is 17.8. The maximum atomic E-state index is 12.0. The first-order valence-electron chi connectivity index (χ1n) is 16.9. The second kappa shape index (κ2) is 27.5. The van der Waals surface area contributed by atoms with Gasteiger partial charge in [0, 0.05) is 6.42 Å². The van der Waals surface area contributed by atoms with Crippen molar-refractivity contribution in [3.63, 3.8) is 0 Å². The van der Waals surface area contributed by atoms with Crippen molar-refractivity contribution in [3.05, 3.63) is 0 Å². The van der Waals surface area contributed by atoms with Crippen molar-refractivity contribution in [2.75, 3.05) is 6.61 Å². The highest BCUT2D eigenvalue weighted by Crippen LogP contribution is 2.17. The SMILES string of the molecule is CC1CCCCCCCCCCCCCCCCCCCCCCCCCCCCCCC(=O)OC1. The topological polar surface area (TPSA) is 26.3 Å². The summed E-state index contributed by atoms with van der Waals surface area (Å²) in [6.07, 6.45) is 41.0. The van der Waals surface area contributed by atoms with Crippen LogP contribution in [0.5, 0.6) is 0 Å². The van der Waals surface area contributed by atoms with Gasteiger partial charge >= 0.3 is 5.97 Å². The summed E-state index contributed by atoms with van der Waals surface area (Å²) in [7, 11) is 0. The Hall–Kier alpha value is -0.530. The van der Waals surface area contributed by atoms with Gasteiger partial charge in [0.15, 0.2) is 0 Å². The number of carbonyl (C=O) groups excluding carboxylic acids is 1. The average molecular weight is 507 g/mol. The second-order valence-corrected chi connectivity index (χ2v) is 12.2. The van der Waals surface area contributed by atoms with Gasteiger partial charge < -0.3 is 4.74 Å². The Bertz CT molecular complexity index is 446. The van der Waals surface area contributed by atoms with Crippen molar-refractivity contribution in [2.45, 2.75) is 200 Å². The molecular weight excluding hydrogens is 440 g/mol.